The third kappa shape index (κ3) is 3.03. The van der Waals surface area contributed by atoms with Crippen molar-refractivity contribution in [2.75, 3.05) is 6.54 Å². The molecule has 5 atom stereocenters. The van der Waals surface area contributed by atoms with E-state index in [2.05, 4.69) is 10.3 Å². The molecule has 0 saturated heterocycles. The standard InChI is InChI=1S/C16H23F3N4O2/c1-23-7-6-22-14(23)15(25,16(17,18)19)4-5-21-13(24)11-9-2-3-10(8-9)12(11)20/h6-7,9-12,25H,2-5,8,20H2,1H3,(H,21,24). The number of nitrogens with zero attached hydrogens (tertiary/aromatic N) is 2. The molecule has 6 nitrogen and oxygen atoms in total. The van der Waals surface area contributed by atoms with Crippen molar-refractivity contribution in [3.8, 4) is 0 Å². The number of aromatic nitrogens is 2. The van der Waals surface area contributed by atoms with Gasteiger partial charge in [0, 0.05) is 38.4 Å². The molecule has 0 aromatic carbocycles. The molecule has 5 unspecified atom stereocenters. The number of alkyl halides is 3. The molecule has 140 valence electrons. The maximum Gasteiger partial charge on any atom is 0.424 e. The Kier molecular flexibility index (Phi) is 4.57. The Morgan fingerprint density at radius 1 is 1.44 bits per heavy atom. The number of fused-ring (bicyclic) bond motifs is 2. The van der Waals surface area contributed by atoms with Crippen LogP contribution in [0.1, 0.15) is 31.5 Å². The molecule has 3 rings (SSSR count). The van der Waals surface area contributed by atoms with E-state index < -0.39 is 24.0 Å². The van der Waals surface area contributed by atoms with Crippen LogP contribution in [0.2, 0.25) is 0 Å². The van der Waals surface area contributed by atoms with Crippen molar-refractivity contribution in [3.05, 3.63) is 18.2 Å². The van der Waals surface area contributed by atoms with Crippen LogP contribution in [-0.4, -0.2) is 39.3 Å². The molecule has 2 saturated carbocycles. The number of aryl methyl sites for hydroxylation is 1. The van der Waals surface area contributed by atoms with Crippen LogP contribution in [0.5, 0.6) is 0 Å². The molecule has 0 aliphatic heterocycles. The fraction of sp³-hybridized carbons (Fsp3) is 0.750. The first-order chi connectivity index (χ1) is 11.6. The molecule has 1 aromatic rings. The minimum atomic E-state index is -4.90. The SMILES string of the molecule is Cn1ccnc1C(O)(CCNC(=O)C1C2CCC(C2)C1N)C(F)(F)F. The summed E-state index contributed by atoms with van der Waals surface area (Å²) in [6.45, 7) is -0.303. The van der Waals surface area contributed by atoms with Gasteiger partial charge in [-0.1, -0.05) is 0 Å². The molecule has 1 aromatic heterocycles. The molecule has 9 heteroatoms. The number of hydrogen-bond acceptors (Lipinski definition) is 4. The van der Waals surface area contributed by atoms with Crippen molar-refractivity contribution in [2.24, 2.45) is 30.5 Å². The molecule has 2 fully saturated rings. The second-order valence-corrected chi connectivity index (χ2v) is 7.20. The van der Waals surface area contributed by atoms with E-state index in [0.29, 0.717) is 5.92 Å². The second kappa shape index (κ2) is 6.28. The number of halogens is 3. The first-order valence-corrected chi connectivity index (χ1v) is 8.45. The Balaban J connectivity index is 1.65. The molecule has 1 amide bonds. The smallest absolute Gasteiger partial charge is 0.374 e. The maximum absolute atomic E-state index is 13.4. The molecule has 1 heterocycles. The topological polar surface area (TPSA) is 93.2 Å². The van der Waals surface area contributed by atoms with Crippen molar-refractivity contribution in [1.82, 2.24) is 14.9 Å². The van der Waals surface area contributed by atoms with Crippen LogP contribution in [0.3, 0.4) is 0 Å². The van der Waals surface area contributed by atoms with Crippen LogP contribution in [0.25, 0.3) is 0 Å². The summed E-state index contributed by atoms with van der Waals surface area (Å²) in [5, 5.41) is 12.8. The number of carbonyl (C=O) groups is 1. The fourth-order valence-corrected chi connectivity index (χ4v) is 4.35. The lowest BCUT2D eigenvalue weighted by Gasteiger charge is -2.31. The van der Waals surface area contributed by atoms with Crippen LogP contribution >= 0.6 is 0 Å². The Bertz CT molecular complexity index is 646. The van der Waals surface area contributed by atoms with Gasteiger partial charge in [-0.25, -0.2) is 4.98 Å². The first-order valence-electron chi connectivity index (χ1n) is 8.45. The largest absolute Gasteiger partial charge is 0.424 e. The van der Waals surface area contributed by atoms with Gasteiger partial charge in [-0.15, -0.1) is 0 Å². The van der Waals surface area contributed by atoms with E-state index in [1.165, 1.54) is 19.4 Å². The molecule has 25 heavy (non-hydrogen) atoms. The predicted octanol–water partition coefficient (Wildman–Crippen LogP) is 1.05. The van der Waals surface area contributed by atoms with Gasteiger partial charge in [-0.3, -0.25) is 4.79 Å². The highest BCUT2D eigenvalue weighted by Gasteiger charge is 2.57. The Hall–Kier alpha value is -1.61. The maximum atomic E-state index is 13.4. The number of hydrogen-bond donors (Lipinski definition) is 3. The van der Waals surface area contributed by atoms with Gasteiger partial charge in [0.2, 0.25) is 11.5 Å². The summed E-state index contributed by atoms with van der Waals surface area (Å²) in [6.07, 6.45) is -0.210. The van der Waals surface area contributed by atoms with Crippen LogP contribution in [0.4, 0.5) is 13.2 Å². The van der Waals surface area contributed by atoms with E-state index >= 15 is 0 Å². The lowest BCUT2D eigenvalue weighted by Crippen LogP contribution is -2.49. The van der Waals surface area contributed by atoms with Crippen molar-refractivity contribution in [2.45, 2.75) is 43.5 Å². The average Bonchev–Trinajstić information content (AvgIpc) is 3.21. The number of aliphatic hydroxyl groups is 1. The van der Waals surface area contributed by atoms with E-state index in [-0.39, 0.29) is 30.3 Å². The summed E-state index contributed by atoms with van der Waals surface area (Å²) < 4.78 is 41.4. The highest BCUT2D eigenvalue weighted by molar-refractivity contribution is 5.80. The van der Waals surface area contributed by atoms with Crippen molar-refractivity contribution < 1.29 is 23.1 Å². The second-order valence-electron chi connectivity index (χ2n) is 7.20. The summed E-state index contributed by atoms with van der Waals surface area (Å²) in [4.78, 5) is 16.0. The number of carbonyl (C=O) groups excluding carboxylic acids is 1. The number of rotatable bonds is 5. The lowest BCUT2D eigenvalue weighted by molar-refractivity contribution is -0.272. The quantitative estimate of drug-likeness (QED) is 0.732. The van der Waals surface area contributed by atoms with Gasteiger partial charge in [0.25, 0.3) is 0 Å². The monoisotopic (exact) mass is 360 g/mol. The van der Waals surface area contributed by atoms with Gasteiger partial charge < -0.3 is 20.7 Å². The van der Waals surface area contributed by atoms with Gasteiger partial charge in [0.1, 0.15) is 5.82 Å². The number of imidazole rings is 1. The van der Waals surface area contributed by atoms with Gasteiger partial charge in [0.15, 0.2) is 0 Å². The molecule has 4 N–H and O–H groups in total. The zero-order chi connectivity index (χ0) is 18.4. The van der Waals surface area contributed by atoms with Gasteiger partial charge in [-0.05, 0) is 31.1 Å². The zero-order valence-corrected chi connectivity index (χ0v) is 14.0. The van der Waals surface area contributed by atoms with E-state index in [9.17, 15) is 23.1 Å². The Morgan fingerprint density at radius 3 is 2.64 bits per heavy atom. The molecular weight excluding hydrogens is 337 g/mol. The van der Waals surface area contributed by atoms with Gasteiger partial charge in [-0.2, -0.15) is 13.2 Å². The predicted molar refractivity (Wildman–Crippen MR) is 83.1 cm³/mol. The highest BCUT2D eigenvalue weighted by atomic mass is 19.4. The summed E-state index contributed by atoms with van der Waals surface area (Å²) in [5.41, 5.74) is 2.97. The van der Waals surface area contributed by atoms with Crippen LogP contribution in [0.15, 0.2) is 12.4 Å². The van der Waals surface area contributed by atoms with Crippen molar-refractivity contribution in [3.63, 3.8) is 0 Å². The third-order valence-corrected chi connectivity index (χ3v) is 5.73. The Morgan fingerprint density at radius 2 is 2.12 bits per heavy atom. The van der Waals surface area contributed by atoms with Gasteiger partial charge in [0.05, 0.1) is 5.92 Å². The third-order valence-electron chi connectivity index (χ3n) is 5.73. The molecule has 2 aliphatic carbocycles. The highest BCUT2D eigenvalue weighted by Crippen LogP contribution is 2.47. The van der Waals surface area contributed by atoms with E-state index in [1.54, 1.807) is 0 Å². The molecule has 2 aliphatic rings. The summed E-state index contributed by atoms with van der Waals surface area (Å²) >= 11 is 0. The Labute approximate surface area is 143 Å². The summed E-state index contributed by atoms with van der Waals surface area (Å²) in [6, 6.07) is -0.227. The summed E-state index contributed by atoms with van der Waals surface area (Å²) in [5.74, 6) is -0.600. The number of nitrogens with two attached hydrogens (primary N) is 1. The fourth-order valence-electron chi connectivity index (χ4n) is 4.35. The van der Waals surface area contributed by atoms with Crippen LogP contribution in [-0.2, 0) is 17.4 Å². The van der Waals surface area contributed by atoms with Crippen molar-refractivity contribution in [1.29, 1.82) is 0 Å². The number of amides is 1. The first kappa shape index (κ1) is 18.2. The average molecular weight is 360 g/mol. The van der Waals surface area contributed by atoms with E-state index in [4.69, 9.17) is 5.73 Å². The van der Waals surface area contributed by atoms with Gasteiger partial charge >= 0.3 is 6.18 Å². The minimum absolute atomic E-state index is 0.219. The van der Waals surface area contributed by atoms with E-state index in [0.717, 1.165) is 23.8 Å². The molecule has 0 spiro atoms. The normalized spacial score (nSPS) is 31.1. The molecular formula is C16H23F3N4O2. The zero-order valence-electron chi connectivity index (χ0n) is 14.0. The van der Waals surface area contributed by atoms with Crippen molar-refractivity contribution >= 4 is 5.91 Å². The summed E-state index contributed by atoms with van der Waals surface area (Å²) in [7, 11) is 1.38. The lowest BCUT2D eigenvalue weighted by atomic mass is 9.84. The molecule has 2 bridgehead atoms. The minimum Gasteiger partial charge on any atom is -0.374 e. The van der Waals surface area contributed by atoms with Crippen LogP contribution in [0, 0.1) is 17.8 Å². The number of nitrogens with one attached hydrogen (secondary N) is 1. The van der Waals surface area contributed by atoms with E-state index in [1.807, 2.05) is 0 Å². The van der Waals surface area contributed by atoms with Crippen LogP contribution < -0.4 is 11.1 Å². The molecule has 0 radical (unpaired) electrons.